The Hall–Kier alpha value is -2.30. The van der Waals surface area contributed by atoms with Crippen LogP contribution in [0.5, 0.6) is 0 Å². The molecule has 0 saturated heterocycles. The van der Waals surface area contributed by atoms with Crippen LogP contribution in [0, 0.1) is 13.8 Å². The summed E-state index contributed by atoms with van der Waals surface area (Å²) in [5.74, 6) is 0.486. The number of aryl methyl sites for hydroxylation is 2. The van der Waals surface area contributed by atoms with Crippen molar-refractivity contribution in [1.29, 1.82) is 0 Å². The SMILES string of the molecule is Cc1ccc(Cn2ccnc2C(N)=NO)cc1C. The molecule has 0 amide bonds. The highest BCUT2D eigenvalue weighted by atomic mass is 16.4. The zero-order valence-electron chi connectivity index (χ0n) is 10.5. The van der Waals surface area contributed by atoms with Gasteiger partial charge in [0, 0.05) is 18.9 Å². The first-order chi connectivity index (χ1) is 8.61. The molecule has 0 spiro atoms. The molecule has 0 radical (unpaired) electrons. The first kappa shape index (κ1) is 12.2. The smallest absolute Gasteiger partial charge is 0.206 e. The summed E-state index contributed by atoms with van der Waals surface area (Å²) in [5, 5.41) is 11.7. The van der Waals surface area contributed by atoms with Gasteiger partial charge in [-0.05, 0) is 30.5 Å². The highest BCUT2D eigenvalue weighted by molar-refractivity contribution is 5.93. The molecule has 0 atom stereocenters. The molecule has 0 fully saturated rings. The van der Waals surface area contributed by atoms with E-state index in [-0.39, 0.29) is 5.84 Å². The molecule has 94 valence electrons. The fraction of sp³-hybridized carbons (Fsp3) is 0.231. The summed E-state index contributed by atoms with van der Waals surface area (Å²) in [5.41, 5.74) is 9.23. The Bertz CT molecular complexity index is 586. The molecule has 3 N–H and O–H groups in total. The number of rotatable bonds is 3. The van der Waals surface area contributed by atoms with E-state index in [0.29, 0.717) is 12.4 Å². The molecule has 18 heavy (non-hydrogen) atoms. The third-order valence-corrected chi connectivity index (χ3v) is 2.98. The summed E-state index contributed by atoms with van der Waals surface area (Å²) in [6.07, 6.45) is 3.44. The molecule has 0 aliphatic heterocycles. The topological polar surface area (TPSA) is 76.4 Å². The van der Waals surface area contributed by atoms with E-state index in [2.05, 4.69) is 42.2 Å². The van der Waals surface area contributed by atoms with Gasteiger partial charge in [0.15, 0.2) is 5.82 Å². The Labute approximate surface area is 106 Å². The predicted molar refractivity (Wildman–Crippen MR) is 69.8 cm³/mol. The number of imidazole rings is 1. The molecule has 0 bridgehead atoms. The van der Waals surface area contributed by atoms with E-state index in [1.165, 1.54) is 11.1 Å². The van der Waals surface area contributed by atoms with E-state index in [4.69, 9.17) is 10.9 Å². The van der Waals surface area contributed by atoms with Crippen LogP contribution in [0.25, 0.3) is 0 Å². The Morgan fingerprint density at radius 3 is 2.83 bits per heavy atom. The maximum atomic E-state index is 8.69. The standard InChI is InChI=1S/C13H16N4O/c1-9-3-4-11(7-10(9)2)8-17-6-5-15-13(17)12(14)16-18/h3-7,18H,8H2,1-2H3,(H2,14,16). The first-order valence-electron chi connectivity index (χ1n) is 5.67. The Morgan fingerprint density at radius 2 is 2.17 bits per heavy atom. The van der Waals surface area contributed by atoms with Crippen molar-refractivity contribution >= 4 is 5.84 Å². The minimum absolute atomic E-state index is 0.0174. The van der Waals surface area contributed by atoms with Crippen molar-refractivity contribution in [3.63, 3.8) is 0 Å². The molecule has 0 aliphatic rings. The molecule has 1 heterocycles. The van der Waals surface area contributed by atoms with E-state index < -0.39 is 0 Å². The van der Waals surface area contributed by atoms with Gasteiger partial charge >= 0.3 is 0 Å². The number of nitrogens with two attached hydrogens (primary N) is 1. The average Bonchev–Trinajstić information content (AvgIpc) is 2.81. The molecule has 0 saturated carbocycles. The number of hydrogen-bond donors (Lipinski definition) is 2. The number of aromatic nitrogens is 2. The number of nitrogens with zero attached hydrogens (tertiary/aromatic N) is 3. The van der Waals surface area contributed by atoms with Crippen LogP contribution in [-0.4, -0.2) is 20.6 Å². The third kappa shape index (κ3) is 2.34. The van der Waals surface area contributed by atoms with E-state index >= 15 is 0 Å². The molecule has 0 aliphatic carbocycles. The van der Waals surface area contributed by atoms with Gasteiger partial charge in [0.2, 0.25) is 5.84 Å². The van der Waals surface area contributed by atoms with E-state index in [1.807, 2.05) is 10.8 Å². The van der Waals surface area contributed by atoms with Crippen LogP contribution < -0.4 is 5.73 Å². The van der Waals surface area contributed by atoms with Crippen LogP contribution in [0.1, 0.15) is 22.5 Å². The lowest BCUT2D eigenvalue weighted by atomic mass is 10.1. The van der Waals surface area contributed by atoms with Crippen molar-refractivity contribution in [2.45, 2.75) is 20.4 Å². The maximum absolute atomic E-state index is 8.69. The van der Waals surface area contributed by atoms with Crippen LogP contribution in [0.2, 0.25) is 0 Å². The van der Waals surface area contributed by atoms with Gasteiger partial charge in [0.05, 0.1) is 0 Å². The van der Waals surface area contributed by atoms with Crippen molar-refractivity contribution in [1.82, 2.24) is 9.55 Å². The minimum atomic E-state index is 0.0174. The highest BCUT2D eigenvalue weighted by Gasteiger charge is 2.08. The molecular formula is C13H16N4O. The number of hydrogen-bond acceptors (Lipinski definition) is 3. The van der Waals surface area contributed by atoms with Crippen molar-refractivity contribution < 1.29 is 5.21 Å². The molecule has 1 aromatic heterocycles. The third-order valence-electron chi connectivity index (χ3n) is 2.98. The van der Waals surface area contributed by atoms with Crippen molar-refractivity contribution in [2.75, 3.05) is 0 Å². The summed E-state index contributed by atoms with van der Waals surface area (Å²) >= 11 is 0. The Morgan fingerprint density at radius 1 is 1.39 bits per heavy atom. The van der Waals surface area contributed by atoms with Gasteiger partial charge in [-0.25, -0.2) is 4.98 Å². The normalized spacial score (nSPS) is 11.8. The lowest BCUT2D eigenvalue weighted by Crippen LogP contribution is -2.19. The van der Waals surface area contributed by atoms with Crippen LogP contribution in [0.3, 0.4) is 0 Å². The summed E-state index contributed by atoms with van der Waals surface area (Å²) < 4.78 is 1.85. The second-order valence-electron chi connectivity index (χ2n) is 4.28. The van der Waals surface area contributed by atoms with Crippen LogP contribution >= 0.6 is 0 Å². The minimum Gasteiger partial charge on any atom is -0.409 e. The number of amidine groups is 1. The van der Waals surface area contributed by atoms with Gasteiger partial charge in [-0.15, -0.1) is 0 Å². The second-order valence-corrected chi connectivity index (χ2v) is 4.28. The van der Waals surface area contributed by atoms with Gasteiger partial charge < -0.3 is 15.5 Å². The second kappa shape index (κ2) is 4.91. The number of benzene rings is 1. The molecule has 0 unspecified atom stereocenters. The van der Waals surface area contributed by atoms with E-state index in [9.17, 15) is 0 Å². The van der Waals surface area contributed by atoms with Crippen LogP contribution in [-0.2, 0) is 6.54 Å². The molecular weight excluding hydrogens is 228 g/mol. The predicted octanol–water partition coefficient (Wildman–Crippen LogP) is 1.64. The van der Waals surface area contributed by atoms with E-state index in [0.717, 1.165) is 5.56 Å². The summed E-state index contributed by atoms with van der Waals surface area (Å²) in [7, 11) is 0. The average molecular weight is 244 g/mol. The van der Waals surface area contributed by atoms with Crippen molar-refractivity contribution in [3.05, 3.63) is 53.1 Å². The van der Waals surface area contributed by atoms with Crippen LogP contribution in [0.4, 0.5) is 0 Å². The lowest BCUT2D eigenvalue weighted by molar-refractivity contribution is 0.318. The molecule has 2 aromatic rings. The molecule has 5 nitrogen and oxygen atoms in total. The maximum Gasteiger partial charge on any atom is 0.206 e. The van der Waals surface area contributed by atoms with Crippen LogP contribution in [0.15, 0.2) is 35.7 Å². The lowest BCUT2D eigenvalue weighted by Gasteiger charge is -2.08. The van der Waals surface area contributed by atoms with Gasteiger partial charge in [0.1, 0.15) is 0 Å². The summed E-state index contributed by atoms with van der Waals surface area (Å²) in [6.45, 7) is 4.81. The fourth-order valence-corrected chi connectivity index (χ4v) is 1.81. The number of oxime groups is 1. The Kier molecular flexibility index (Phi) is 3.32. The van der Waals surface area contributed by atoms with Gasteiger partial charge in [-0.1, -0.05) is 23.4 Å². The largest absolute Gasteiger partial charge is 0.409 e. The monoisotopic (exact) mass is 244 g/mol. The van der Waals surface area contributed by atoms with Gasteiger partial charge in [0.25, 0.3) is 0 Å². The van der Waals surface area contributed by atoms with Crippen molar-refractivity contribution in [3.8, 4) is 0 Å². The molecule has 5 heteroatoms. The first-order valence-corrected chi connectivity index (χ1v) is 5.67. The van der Waals surface area contributed by atoms with Crippen molar-refractivity contribution in [2.24, 2.45) is 10.9 Å². The summed E-state index contributed by atoms with van der Waals surface area (Å²) in [4.78, 5) is 4.07. The zero-order valence-corrected chi connectivity index (χ0v) is 10.5. The molecule has 1 aromatic carbocycles. The quantitative estimate of drug-likeness (QED) is 0.373. The Balaban J connectivity index is 2.29. The van der Waals surface area contributed by atoms with Gasteiger partial charge in [-0.3, -0.25) is 0 Å². The van der Waals surface area contributed by atoms with E-state index in [1.54, 1.807) is 6.20 Å². The summed E-state index contributed by atoms with van der Waals surface area (Å²) in [6, 6.07) is 6.29. The van der Waals surface area contributed by atoms with Gasteiger partial charge in [-0.2, -0.15) is 0 Å². The highest BCUT2D eigenvalue weighted by Crippen LogP contribution is 2.12. The fourth-order valence-electron chi connectivity index (χ4n) is 1.81. The molecule has 2 rings (SSSR count). The zero-order chi connectivity index (χ0) is 13.1.